The molecule has 0 spiro atoms. The van der Waals surface area contributed by atoms with E-state index in [4.69, 9.17) is 11.6 Å². The molecule has 1 N–H and O–H groups in total. The van der Waals surface area contributed by atoms with Crippen molar-refractivity contribution in [2.75, 3.05) is 0 Å². The van der Waals surface area contributed by atoms with Gasteiger partial charge in [-0.3, -0.25) is 9.55 Å². The number of imidazole rings is 1. The summed E-state index contributed by atoms with van der Waals surface area (Å²) in [5.74, 6) is -4.09. The van der Waals surface area contributed by atoms with E-state index in [-0.39, 0.29) is 43.6 Å². The number of nitrogens with zero attached hydrogens (tertiary/aromatic N) is 4. The molecule has 0 fully saturated rings. The Morgan fingerprint density at radius 3 is 2.55 bits per heavy atom. The molecule has 3 aromatic heterocycles. The lowest BCUT2D eigenvalue weighted by Crippen LogP contribution is -2.02. The third kappa shape index (κ3) is 3.20. The SMILES string of the molecule is Cc1nc2c(C(=O)O)cc(-c3ccnc(F)c3F)cc2n1-c1ccnc2c(Cl)ccc(F)c12. The Labute approximate surface area is 188 Å². The van der Waals surface area contributed by atoms with Gasteiger partial charge in [-0.05, 0) is 48.9 Å². The van der Waals surface area contributed by atoms with Gasteiger partial charge in [0, 0.05) is 18.0 Å². The van der Waals surface area contributed by atoms with Crippen molar-refractivity contribution in [2.24, 2.45) is 0 Å². The van der Waals surface area contributed by atoms with Gasteiger partial charge >= 0.3 is 5.97 Å². The molecule has 5 aromatic rings. The molecule has 33 heavy (non-hydrogen) atoms. The topological polar surface area (TPSA) is 80.9 Å². The van der Waals surface area contributed by atoms with Crippen LogP contribution in [0, 0.1) is 24.5 Å². The number of fused-ring (bicyclic) bond motifs is 2. The third-order valence-electron chi connectivity index (χ3n) is 5.33. The average Bonchev–Trinajstić information content (AvgIpc) is 3.12. The molecule has 0 amide bonds. The first-order valence-corrected chi connectivity index (χ1v) is 9.95. The summed E-state index contributed by atoms with van der Waals surface area (Å²) >= 11 is 6.21. The molecule has 0 saturated carbocycles. The van der Waals surface area contributed by atoms with E-state index in [0.29, 0.717) is 11.5 Å². The molecular formula is C23H12ClF3N4O2. The van der Waals surface area contributed by atoms with E-state index in [1.807, 2.05) is 0 Å². The van der Waals surface area contributed by atoms with Crippen LogP contribution in [0.1, 0.15) is 16.2 Å². The lowest BCUT2D eigenvalue weighted by Gasteiger charge is -2.13. The lowest BCUT2D eigenvalue weighted by molar-refractivity contribution is 0.0699. The van der Waals surface area contributed by atoms with Gasteiger partial charge in [0.2, 0.25) is 5.95 Å². The minimum atomic E-state index is -1.31. The van der Waals surface area contributed by atoms with Crippen LogP contribution < -0.4 is 0 Å². The molecule has 0 aliphatic rings. The molecule has 0 saturated heterocycles. The van der Waals surface area contributed by atoms with Gasteiger partial charge in [0.15, 0.2) is 5.82 Å². The van der Waals surface area contributed by atoms with Gasteiger partial charge in [-0.2, -0.15) is 4.39 Å². The first-order chi connectivity index (χ1) is 15.8. The monoisotopic (exact) mass is 468 g/mol. The molecule has 164 valence electrons. The molecule has 0 aliphatic heterocycles. The van der Waals surface area contributed by atoms with Crippen LogP contribution in [-0.2, 0) is 0 Å². The second kappa shape index (κ2) is 7.56. The summed E-state index contributed by atoms with van der Waals surface area (Å²) in [6, 6.07) is 8.04. The number of aromatic nitrogens is 4. The van der Waals surface area contributed by atoms with E-state index in [9.17, 15) is 23.1 Å². The molecule has 3 heterocycles. The highest BCUT2D eigenvalue weighted by Crippen LogP contribution is 2.35. The Bertz CT molecular complexity index is 1620. The lowest BCUT2D eigenvalue weighted by atomic mass is 10.0. The summed E-state index contributed by atoms with van der Waals surface area (Å²) in [7, 11) is 0. The molecule has 0 bridgehead atoms. The van der Waals surface area contributed by atoms with Gasteiger partial charge in [0.05, 0.1) is 32.7 Å². The Morgan fingerprint density at radius 1 is 1.03 bits per heavy atom. The number of hydrogen-bond acceptors (Lipinski definition) is 4. The number of carboxylic acids is 1. The molecule has 0 radical (unpaired) electrons. The van der Waals surface area contributed by atoms with Crippen molar-refractivity contribution < 1.29 is 23.1 Å². The van der Waals surface area contributed by atoms with Gasteiger partial charge < -0.3 is 5.11 Å². The number of hydrogen-bond donors (Lipinski definition) is 1. The minimum Gasteiger partial charge on any atom is -0.478 e. The number of halogens is 4. The number of benzene rings is 2. The van der Waals surface area contributed by atoms with Crippen LogP contribution in [0.2, 0.25) is 5.02 Å². The van der Waals surface area contributed by atoms with Gasteiger partial charge in [0.1, 0.15) is 17.2 Å². The first kappa shape index (κ1) is 20.9. The van der Waals surface area contributed by atoms with Crippen LogP contribution in [0.15, 0.2) is 48.8 Å². The fourth-order valence-corrected chi connectivity index (χ4v) is 4.13. The minimum absolute atomic E-state index is 0.0942. The van der Waals surface area contributed by atoms with Crippen molar-refractivity contribution in [1.29, 1.82) is 0 Å². The maximum absolute atomic E-state index is 14.9. The van der Waals surface area contributed by atoms with Crippen LogP contribution in [-0.4, -0.2) is 30.6 Å². The Morgan fingerprint density at radius 2 is 1.79 bits per heavy atom. The zero-order valence-electron chi connectivity index (χ0n) is 16.8. The van der Waals surface area contributed by atoms with Crippen LogP contribution >= 0.6 is 11.6 Å². The summed E-state index contributed by atoms with van der Waals surface area (Å²) < 4.78 is 44.6. The molecule has 10 heteroatoms. The van der Waals surface area contributed by atoms with Gasteiger partial charge in [-0.1, -0.05) is 11.6 Å². The fraction of sp³-hybridized carbons (Fsp3) is 0.0435. The largest absolute Gasteiger partial charge is 0.478 e. The normalized spacial score (nSPS) is 11.4. The Kier molecular flexibility index (Phi) is 4.79. The Hall–Kier alpha value is -3.98. The summed E-state index contributed by atoms with van der Waals surface area (Å²) in [4.78, 5) is 23.8. The van der Waals surface area contributed by atoms with Crippen LogP contribution in [0.5, 0.6) is 0 Å². The molecular weight excluding hydrogens is 457 g/mol. The quantitative estimate of drug-likeness (QED) is 0.343. The Balaban J connectivity index is 1.92. The smallest absolute Gasteiger partial charge is 0.337 e. The van der Waals surface area contributed by atoms with Crippen molar-refractivity contribution in [3.8, 4) is 16.8 Å². The van der Waals surface area contributed by atoms with E-state index in [1.165, 1.54) is 47.2 Å². The zero-order chi connectivity index (χ0) is 23.4. The molecule has 5 rings (SSSR count). The maximum atomic E-state index is 14.9. The predicted molar refractivity (Wildman–Crippen MR) is 116 cm³/mol. The molecule has 0 atom stereocenters. The number of aryl methyl sites for hydroxylation is 1. The summed E-state index contributed by atoms with van der Waals surface area (Å²) in [6.07, 6.45) is 2.52. The van der Waals surface area contributed by atoms with Gasteiger partial charge in [-0.25, -0.2) is 23.5 Å². The van der Waals surface area contributed by atoms with Crippen molar-refractivity contribution in [3.63, 3.8) is 0 Å². The molecule has 2 aromatic carbocycles. The van der Waals surface area contributed by atoms with E-state index in [0.717, 1.165) is 6.20 Å². The summed E-state index contributed by atoms with van der Waals surface area (Å²) in [5.41, 5.74) is 0.583. The second-order valence-corrected chi connectivity index (χ2v) is 7.64. The van der Waals surface area contributed by atoms with Crippen LogP contribution in [0.3, 0.4) is 0 Å². The number of rotatable bonds is 3. The van der Waals surface area contributed by atoms with Crippen molar-refractivity contribution in [1.82, 2.24) is 19.5 Å². The van der Waals surface area contributed by atoms with E-state index >= 15 is 0 Å². The van der Waals surface area contributed by atoms with Gasteiger partial charge in [0.25, 0.3) is 0 Å². The predicted octanol–water partition coefficient (Wildman–Crippen LogP) is 5.71. The maximum Gasteiger partial charge on any atom is 0.337 e. The summed E-state index contributed by atoms with van der Waals surface area (Å²) in [6.45, 7) is 1.62. The van der Waals surface area contributed by atoms with Crippen molar-refractivity contribution in [3.05, 3.63) is 82.8 Å². The molecule has 0 aliphatic carbocycles. The molecule has 6 nitrogen and oxygen atoms in total. The van der Waals surface area contributed by atoms with Crippen LogP contribution in [0.4, 0.5) is 13.2 Å². The van der Waals surface area contributed by atoms with Crippen LogP contribution in [0.25, 0.3) is 38.8 Å². The van der Waals surface area contributed by atoms with E-state index < -0.39 is 23.6 Å². The van der Waals surface area contributed by atoms with Crippen molar-refractivity contribution >= 4 is 39.5 Å². The number of aromatic carboxylic acids is 1. The number of pyridine rings is 2. The highest BCUT2D eigenvalue weighted by atomic mass is 35.5. The number of carboxylic acid groups (broad SMARTS) is 1. The highest BCUT2D eigenvalue weighted by molar-refractivity contribution is 6.35. The summed E-state index contributed by atoms with van der Waals surface area (Å²) in [5, 5.41) is 10.1. The van der Waals surface area contributed by atoms with Crippen molar-refractivity contribution in [2.45, 2.75) is 6.92 Å². The first-order valence-electron chi connectivity index (χ1n) is 9.57. The van der Waals surface area contributed by atoms with Gasteiger partial charge in [-0.15, -0.1) is 0 Å². The fourth-order valence-electron chi connectivity index (χ4n) is 3.92. The standard InChI is InChI=1S/C23H12ClF3N4O2/c1-10-30-20-13(23(32)33)8-11(12-4-6-29-22(27)19(12)26)9-17(20)31(10)16-5-7-28-21-14(24)2-3-15(25)18(16)21/h2-9H,1H3,(H,32,33). The van der Waals surface area contributed by atoms with E-state index in [2.05, 4.69) is 15.0 Å². The molecule has 0 unspecified atom stereocenters. The zero-order valence-corrected chi connectivity index (χ0v) is 17.5. The average molecular weight is 469 g/mol. The second-order valence-electron chi connectivity index (χ2n) is 7.24. The third-order valence-corrected chi connectivity index (χ3v) is 5.63. The highest BCUT2D eigenvalue weighted by Gasteiger charge is 2.22. The van der Waals surface area contributed by atoms with E-state index in [1.54, 1.807) is 6.92 Å². The number of carbonyl (C=O) groups is 1.